The quantitative estimate of drug-likeness (QED) is 0.688. The third kappa shape index (κ3) is 5.57. The number of rotatable bonds is 7. The van der Waals surface area contributed by atoms with E-state index in [9.17, 15) is 9.90 Å². The predicted molar refractivity (Wildman–Crippen MR) is 110 cm³/mol. The first-order chi connectivity index (χ1) is 13.0. The number of carbonyl (C=O) groups is 1. The highest BCUT2D eigenvalue weighted by Gasteiger charge is 2.21. The van der Waals surface area contributed by atoms with Gasteiger partial charge in [-0.2, -0.15) is 0 Å². The highest BCUT2D eigenvalue weighted by atomic mass is 16.3. The summed E-state index contributed by atoms with van der Waals surface area (Å²) < 4.78 is 0. The highest BCUT2D eigenvalue weighted by Crippen LogP contribution is 2.25. The number of amides is 1. The number of hydrogen-bond acceptors (Lipinski definition) is 3. The Bertz CT molecular complexity index is 770. The maximum atomic E-state index is 11.3. The predicted octanol–water partition coefficient (Wildman–Crippen LogP) is 4.21. The number of phenolic OH excluding ortho intramolecular Hbond substituents is 1. The van der Waals surface area contributed by atoms with Crippen LogP contribution in [0.3, 0.4) is 0 Å². The molecular weight excluding hydrogens is 336 g/mol. The first-order valence-electron chi connectivity index (χ1n) is 9.97. The first kappa shape index (κ1) is 19.4. The van der Waals surface area contributed by atoms with E-state index in [1.165, 1.54) is 16.7 Å². The molecule has 2 unspecified atom stereocenters. The molecule has 3 N–H and O–H groups in total. The van der Waals surface area contributed by atoms with Gasteiger partial charge in [0.15, 0.2) is 0 Å². The average molecular weight is 367 g/mol. The summed E-state index contributed by atoms with van der Waals surface area (Å²) in [6, 6.07) is 14.8. The molecule has 27 heavy (non-hydrogen) atoms. The van der Waals surface area contributed by atoms with Gasteiger partial charge in [0.2, 0.25) is 5.91 Å². The van der Waals surface area contributed by atoms with Crippen LogP contribution in [0.25, 0.3) is 0 Å². The smallest absolute Gasteiger partial charge is 0.221 e. The Morgan fingerprint density at radius 1 is 1.19 bits per heavy atom. The number of nitrogens with one attached hydrogen (secondary N) is 2. The molecule has 4 nitrogen and oxygen atoms in total. The number of carbonyl (C=O) groups excluding carboxylic acids is 1. The van der Waals surface area contributed by atoms with Gasteiger partial charge in [-0.25, -0.2) is 0 Å². The molecular formula is C23H30N2O2. The summed E-state index contributed by atoms with van der Waals surface area (Å²) in [6.07, 6.45) is 6.47. The van der Waals surface area contributed by atoms with Crippen LogP contribution in [0.15, 0.2) is 42.5 Å². The lowest BCUT2D eigenvalue weighted by atomic mass is 9.87. The van der Waals surface area contributed by atoms with Crippen LogP contribution in [0.1, 0.15) is 49.8 Å². The lowest BCUT2D eigenvalue weighted by Crippen LogP contribution is -2.41. The lowest BCUT2D eigenvalue weighted by molar-refractivity contribution is -0.114. The molecule has 0 saturated heterocycles. The molecule has 0 spiro atoms. The van der Waals surface area contributed by atoms with Crippen molar-refractivity contribution in [3.8, 4) is 5.75 Å². The van der Waals surface area contributed by atoms with Gasteiger partial charge in [0, 0.05) is 24.7 Å². The number of phenols is 1. The maximum Gasteiger partial charge on any atom is 0.221 e. The van der Waals surface area contributed by atoms with Crippen molar-refractivity contribution in [2.75, 3.05) is 5.32 Å². The third-order valence-corrected chi connectivity index (χ3v) is 5.44. The molecule has 3 rings (SSSR count). The molecule has 0 aliphatic heterocycles. The van der Waals surface area contributed by atoms with Crippen molar-refractivity contribution < 1.29 is 9.90 Å². The highest BCUT2D eigenvalue weighted by molar-refractivity contribution is 5.88. The second kappa shape index (κ2) is 9.05. The van der Waals surface area contributed by atoms with Crippen LogP contribution in [0.2, 0.25) is 0 Å². The van der Waals surface area contributed by atoms with E-state index >= 15 is 0 Å². The van der Waals surface area contributed by atoms with Crippen molar-refractivity contribution >= 4 is 11.6 Å². The van der Waals surface area contributed by atoms with Gasteiger partial charge in [0.05, 0.1) is 0 Å². The molecule has 0 bridgehead atoms. The van der Waals surface area contributed by atoms with Gasteiger partial charge in [0.25, 0.3) is 0 Å². The van der Waals surface area contributed by atoms with Gasteiger partial charge in [0.1, 0.15) is 5.75 Å². The summed E-state index contributed by atoms with van der Waals surface area (Å²) in [6.45, 7) is 3.78. The fourth-order valence-corrected chi connectivity index (χ4v) is 3.92. The summed E-state index contributed by atoms with van der Waals surface area (Å²) in [7, 11) is 0. The molecule has 2 aromatic rings. The molecule has 2 aromatic carbocycles. The fraction of sp³-hybridized carbons (Fsp3) is 0.435. The first-order valence-corrected chi connectivity index (χ1v) is 9.97. The fourth-order valence-electron chi connectivity index (χ4n) is 3.92. The standard InChI is InChI=1S/C23H30N2O2/c1-3-20(9-4-17-5-12-23(27)13-6-17)25-22-11-8-18-7-10-21(24-16(2)26)14-19(18)15-22/h5-7,10,12-14,20,22,25,27H,3-4,8-9,11,15H2,1-2H3,(H,24,26). The van der Waals surface area contributed by atoms with E-state index in [1.807, 2.05) is 18.2 Å². The average Bonchev–Trinajstić information content (AvgIpc) is 2.65. The lowest BCUT2D eigenvalue weighted by Gasteiger charge is -2.30. The van der Waals surface area contributed by atoms with E-state index in [0.29, 0.717) is 17.8 Å². The number of anilines is 1. The van der Waals surface area contributed by atoms with Crippen molar-refractivity contribution in [1.82, 2.24) is 5.32 Å². The van der Waals surface area contributed by atoms with Crippen molar-refractivity contribution in [2.45, 2.75) is 64.5 Å². The molecule has 0 fully saturated rings. The Balaban J connectivity index is 1.56. The molecule has 1 amide bonds. The van der Waals surface area contributed by atoms with Crippen LogP contribution < -0.4 is 10.6 Å². The molecule has 0 saturated carbocycles. The second-order valence-electron chi connectivity index (χ2n) is 7.58. The van der Waals surface area contributed by atoms with E-state index in [-0.39, 0.29) is 5.91 Å². The Hall–Kier alpha value is -2.33. The zero-order chi connectivity index (χ0) is 19.2. The van der Waals surface area contributed by atoms with E-state index in [0.717, 1.165) is 44.2 Å². The Labute approximate surface area is 162 Å². The Kier molecular flexibility index (Phi) is 6.51. The molecule has 4 heteroatoms. The van der Waals surface area contributed by atoms with Gasteiger partial charge in [-0.05, 0) is 79.5 Å². The number of aromatic hydroxyl groups is 1. The summed E-state index contributed by atoms with van der Waals surface area (Å²) in [4.78, 5) is 11.3. The number of aryl methyl sites for hydroxylation is 2. The minimum Gasteiger partial charge on any atom is -0.508 e. The molecule has 144 valence electrons. The summed E-state index contributed by atoms with van der Waals surface area (Å²) in [5, 5.41) is 16.1. The minimum atomic E-state index is -0.0271. The zero-order valence-electron chi connectivity index (χ0n) is 16.3. The molecule has 1 aliphatic carbocycles. The second-order valence-corrected chi connectivity index (χ2v) is 7.58. The molecule has 2 atom stereocenters. The largest absolute Gasteiger partial charge is 0.508 e. The van der Waals surface area contributed by atoms with Crippen LogP contribution in [-0.4, -0.2) is 23.1 Å². The SMILES string of the molecule is CCC(CCc1ccc(O)cc1)NC1CCc2ccc(NC(C)=O)cc2C1. The van der Waals surface area contributed by atoms with Crippen LogP contribution in [0, 0.1) is 0 Å². The zero-order valence-corrected chi connectivity index (χ0v) is 16.3. The molecule has 0 radical (unpaired) electrons. The van der Waals surface area contributed by atoms with Crippen molar-refractivity contribution in [3.05, 3.63) is 59.2 Å². The van der Waals surface area contributed by atoms with Gasteiger partial charge in [-0.3, -0.25) is 4.79 Å². The third-order valence-electron chi connectivity index (χ3n) is 5.44. The number of hydrogen-bond donors (Lipinski definition) is 3. The topological polar surface area (TPSA) is 61.4 Å². The van der Waals surface area contributed by atoms with Gasteiger partial charge >= 0.3 is 0 Å². The molecule has 1 aliphatic rings. The summed E-state index contributed by atoms with van der Waals surface area (Å²) in [5.74, 6) is 0.295. The molecule has 0 aromatic heterocycles. The minimum absolute atomic E-state index is 0.0271. The summed E-state index contributed by atoms with van der Waals surface area (Å²) >= 11 is 0. The van der Waals surface area contributed by atoms with E-state index in [1.54, 1.807) is 19.1 Å². The van der Waals surface area contributed by atoms with Crippen LogP contribution >= 0.6 is 0 Å². The van der Waals surface area contributed by atoms with Gasteiger partial charge in [-0.1, -0.05) is 25.1 Å². The Morgan fingerprint density at radius 3 is 2.67 bits per heavy atom. The van der Waals surface area contributed by atoms with Gasteiger partial charge in [-0.15, -0.1) is 0 Å². The maximum absolute atomic E-state index is 11.3. The van der Waals surface area contributed by atoms with Crippen molar-refractivity contribution in [1.29, 1.82) is 0 Å². The van der Waals surface area contributed by atoms with E-state index in [4.69, 9.17) is 0 Å². The monoisotopic (exact) mass is 366 g/mol. The van der Waals surface area contributed by atoms with E-state index < -0.39 is 0 Å². The van der Waals surface area contributed by atoms with Crippen molar-refractivity contribution in [3.63, 3.8) is 0 Å². The Morgan fingerprint density at radius 2 is 1.96 bits per heavy atom. The number of benzene rings is 2. The number of fused-ring (bicyclic) bond motifs is 1. The molecule has 0 heterocycles. The van der Waals surface area contributed by atoms with Crippen molar-refractivity contribution in [2.24, 2.45) is 0 Å². The summed E-state index contributed by atoms with van der Waals surface area (Å²) in [5.41, 5.74) is 4.90. The van der Waals surface area contributed by atoms with E-state index in [2.05, 4.69) is 29.7 Å². The normalized spacial score (nSPS) is 17.2. The van der Waals surface area contributed by atoms with Gasteiger partial charge < -0.3 is 15.7 Å². The van der Waals surface area contributed by atoms with Crippen LogP contribution in [0.4, 0.5) is 5.69 Å². The van der Waals surface area contributed by atoms with Crippen LogP contribution in [-0.2, 0) is 24.1 Å². The van der Waals surface area contributed by atoms with Crippen LogP contribution in [0.5, 0.6) is 5.75 Å².